The third-order valence-electron chi connectivity index (χ3n) is 7.16. The Bertz CT molecular complexity index is 1170. The van der Waals surface area contributed by atoms with Crippen LogP contribution in [0.25, 0.3) is 0 Å². The van der Waals surface area contributed by atoms with E-state index in [-0.39, 0.29) is 37.0 Å². The number of alkyl halides is 3. The Balaban J connectivity index is 2.15. The van der Waals surface area contributed by atoms with Gasteiger partial charge in [0.15, 0.2) is 5.60 Å². The van der Waals surface area contributed by atoms with Gasteiger partial charge in [-0.25, -0.2) is 4.79 Å². The summed E-state index contributed by atoms with van der Waals surface area (Å²) in [5, 5.41) is 12.1. The molecule has 0 saturated carbocycles. The second-order valence-electron chi connectivity index (χ2n) is 11.0. The van der Waals surface area contributed by atoms with Gasteiger partial charge in [0.25, 0.3) is 11.8 Å². The minimum absolute atomic E-state index is 0.0302. The normalized spacial score (nSPS) is 19.6. The third kappa shape index (κ3) is 6.28. The zero-order valence-corrected chi connectivity index (χ0v) is 23.6. The summed E-state index contributed by atoms with van der Waals surface area (Å²) in [5.41, 5.74) is -3.47. The van der Waals surface area contributed by atoms with Gasteiger partial charge in [0.1, 0.15) is 5.75 Å². The second-order valence-corrected chi connectivity index (χ2v) is 11.0. The van der Waals surface area contributed by atoms with E-state index in [1.807, 2.05) is 0 Å². The number of piperidine rings is 1. The monoisotopic (exact) mass is 570 g/mol. The molecule has 2 aliphatic rings. The lowest BCUT2D eigenvalue weighted by molar-refractivity contribution is -0.138. The van der Waals surface area contributed by atoms with Gasteiger partial charge < -0.3 is 29.9 Å². The molecule has 2 heterocycles. The molecule has 2 aliphatic heterocycles. The lowest BCUT2D eigenvalue weighted by Gasteiger charge is -2.42. The number of ether oxygens (including phenoxy) is 1. The van der Waals surface area contributed by atoms with Gasteiger partial charge in [0, 0.05) is 32.2 Å². The fourth-order valence-corrected chi connectivity index (χ4v) is 5.23. The van der Waals surface area contributed by atoms with Crippen LogP contribution >= 0.6 is 0 Å². The number of halogens is 3. The summed E-state index contributed by atoms with van der Waals surface area (Å²) >= 11 is 0. The van der Waals surface area contributed by atoms with Crippen LogP contribution in [-0.4, -0.2) is 82.6 Å². The molecule has 2 N–H and O–H groups in total. The molecule has 13 heteroatoms. The zero-order chi connectivity index (χ0) is 30.2. The number of anilines is 1. The lowest BCUT2D eigenvalue weighted by atomic mass is 9.96. The first kappa shape index (κ1) is 31.0. The Kier molecular flexibility index (Phi) is 8.95. The van der Waals surface area contributed by atoms with Crippen molar-refractivity contribution in [2.45, 2.75) is 78.2 Å². The maximum atomic E-state index is 14.4. The van der Waals surface area contributed by atoms with Gasteiger partial charge in [0.2, 0.25) is 5.91 Å². The number of hydrogen-bond acceptors (Lipinski definition) is 5. The van der Waals surface area contributed by atoms with Crippen LogP contribution in [-0.2, 0) is 15.8 Å². The molecule has 1 aromatic rings. The molecule has 222 valence electrons. The third-order valence-corrected chi connectivity index (χ3v) is 7.16. The van der Waals surface area contributed by atoms with Crippen molar-refractivity contribution in [1.29, 1.82) is 0 Å². The van der Waals surface area contributed by atoms with Crippen molar-refractivity contribution in [1.82, 2.24) is 15.1 Å². The first-order valence-corrected chi connectivity index (χ1v) is 13.3. The number of carbonyl (C=O) groups is 4. The molecule has 0 bridgehead atoms. The van der Waals surface area contributed by atoms with Gasteiger partial charge in [-0.3, -0.25) is 14.4 Å². The van der Waals surface area contributed by atoms with Gasteiger partial charge in [-0.2, -0.15) is 13.2 Å². The van der Waals surface area contributed by atoms with Crippen molar-refractivity contribution in [3.8, 4) is 5.75 Å². The SMILES string of the molecule is CCNC(=O)[C@@H](C)CN1C(=O)C(C)(C)Oc2cc(C(F)(F)F)c(C(=O)N(C(C)C)[C@@H]3CCCN(C(=O)O)C3)cc21. The number of benzene rings is 1. The minimum Gasteiger partial charge on any atom is -0.476 e. The van der Waals surface area contributed by atoms with E-state index in [2.05, 4.69) is 5.32 Å². The summed E-state index contributed by atoms with van der Waals surface area (Å²) in [6.07, 6.45) is -5.23. The molecule has 0 aromatic heterocycles. The molecule has 1 fully saturated rings. The highest BCUT2D eigenvalue weighted by molar-refractivity contribution is 6.05. The Labute approximate surface area is 231 Å². The predicted molar refractivity (Wildman–Crippen MR) is 140 cm³/mol. The van der Waals surface area contributed by atoms with E-state index in [1.165, 1.54) is 23.6 Å². The zero-order valence-electron chi connectivity index (χ0n) is 23.6. The number of carbonyl (C=O) groups excluding carboxylic acids is 3. The summed E-state index contributed by atoms with van der Waals surface area (Å²) in [4.78, 5) is 54.9. The van der Waals surface area contributed by atoms with Crippen molar-refractivity contribution in [3.63, 3.8) is 0 Å². The molecule has 2 atom stereocenters. The molecule has 10 nitrogen and oxygen atoms in total. The standard InChI is InChI=1S/C27H37F3N4O6/c1-7-31-22(35)16(4)13-33-20-11-18(19(27(28,29)30)12-21(20)40-26(5,6)24(33)37)23(36)34(15(2)3)17-9-8-10-32(14-17)25(38)39/h11-12,15-17H,7-10,13-14H2,1-6H3,(H,31,35)(H,38,39)/t16-,17+/m0/s1. The van der Waals surface area contributed by atoms with Crippen LogP contribution in [0, 0.1) is 5.92 Å². The molecule has 0 unspecified atom stereocenters. The van der Waals surface area contributed by atoms with E-state index in [4.69, 9.17) is 4.74 Å². The summed E-state index contributed by atoms with van der Waals surface area (Å²) < 4.78 is 48.8. The van der Waals surface area contributed by atoms with Crippen molar-refractivity contribution in [2.75, 3.05) is 31.1 Å². The smallest absolute Gasteiger partial charge is 0.417 e. The predicted octanol–water partition coefficient (Wildman–Crippen LogP) is 3.97. The molecule has 40 heavy (non-hydrogen) atoms. The van der Waals surface area contributed by atoms with Crippen molar-refractivity contribution in [3.05, 3.63) is 23.3 Å². The van der Waals surface area contributed by atoms with E-state index in [9.17, 15) is 37.5 Å². The first-order chi connectivity index (χ1) is 18.5. The van der Waals surface area contributed by atoms with E-state index in [0.29, 0.717) is 19.4 Å². The van der Waals surface area contributed by atoms with Crippen LogP contribution < -0.4 is 15.0 Å². The van der Waals surface area contributed by atoms with Crippen molar-refractivity contribution >= 4 is 29.5 Å². The van der Waals surface area contributed by atoms with E-state index in [1.54, 1.807) is 27.7 Å². The number of likely N-dealkylation sites (tertiary alicyclic amines) is 1. The Morgan fingerprint density at radius 2 is 1.88 bits per heavy atom. The van der Waals surface area contributed by atoms with Gasteiger partial charge in [-0.15, -0.1) is 0 Å². The maximum absolute atomic E-state index is 14.4. The highest BCUT2D eigenvalue weighted by Gasteiger charge is 2.46. The number of carboxylic acid groups (broad SMARTS) is 1. The summed E-state index contributed by atoms with van der Waals surface area (Å²) in [5.74, 6) is -2.78. The molecule has 0 radical (unpaired) electrons. The molecule has 4 amide bonds. The number of rotatable bonds is 7. The second kappa shape index (κ2) is 11.5. The highest BCUT2D eigenvalue weighted by atomic mass is 19.4. The molecule has 3 rings (SSSR count). The summed E-state index contributed by atoms with van der Waals surface area (Å²) in [6.45, 7) is 9.94. The number of fused-ring (bicyclic) bond motifs is 1. The van der Waals surface area contributed by atoms with Crippen LogP contribution in [0.1, 0.15) is 70.3 Å². The fourth-order valence-electron chi connectivity index (χ4n) is 5.23. The van der Waals surface area contributed by atoms with Gasteiger partial charge in [0.05, 0.1) is 28.8 Å². The van der Waals surface area contributed by atoms with E-state index >= 15 is 0 Å². The lowest BCUT2D eigenvalue weighted by Crippen LogP contribution is -2.55. The van der Waals surface area contributed by atoms with Gasteiger partial charge >= 0.3 is 12.3 Å². The van der Waals surface area contributed by atoms with Crippen LogP contribution in [0.15, 0.2) is 12.1 Å². The number of nitrogens with one attached hydrogen (secondary N) is 1. The average molecular weight is 571 g/mol. The van der Waals surface area contributed by atoms with Crippen LogP contribution in [0.4, 0.5) is 23.7 Å². The largest absolute Gasteiger partial charge is 0.476 e. The van der Waals surface area contributed by atoms with Crippen molar-refractivity contribution < 1.29 is 42.2 Å². The molecular weight excluding hydrogens is 533 g/mol. The quantitative estimate of drug-likeness (QED) is 0.512. The first-order valence-electron chi connectivity index (χ1n) is 13.3. The van der Waals surface area contributed by atoms with E-state index in [0.717, 1.165) is 17.0 Å². The van der Waals surface area contributed by atoms with Crippen molar-refractivity contribution in [2.24, 2.45) is 5.92 Å². The van der Waals surface area contributed by atoms with Gasteiger partial charge in [-0.05, 0) is 59.6 Å². The van der Waals surface area contributed by atoms with E-state index < -0.39 is 58.8 Å². The molecule has 0 spiro atoms. The topological polar surface area (TPSA) is 119 Å². The Hall–Kier alpha value is -3.51. The molecule has 1 saturated heterocycles. The summed E-state index contributed by atoms with van der Waals surface area (Å²) in [6, 6.07) is 0.545. The fraction of sp³-hybridized carbons (Fsp3) is 0.630. The number of amides is 4. The summed E-state index contributed by atoms with van der Waals surface area (Å²) in [7, 11) is 0. The van der Waals surface area contributed by atoms with Crippen LogP contribution in [0.2, 0.25) is 0 Å². The number of nitrogens with zero attached hydrogens (tertiary/aromatic N) is 3. The molecular formula is C27H37F3N4O6. The Morgan fingerprint density at radius 1 is 1.23 bits per heavy atom. The maximum Gasteiger partial charge on any atom is 0.417 e. The minimum atomic E-state index is -4.93. The highest BCUT2D eigenvalue weighted by Crippen LogP contribution is 2.44. The number of hydrogen-bond donors (Lipinski definition) is 2. The molecule has 0 aliphatic carbocycles. The van der Waals surface area contributed by atoms with Crippen LogP contribution in [0.3, 0.4) is 0 Å². The average Bonchev–Trinajstić information content (AvgIpc) is 2.85. The van der Waals surface area contributed by atoms with Gasteiger partial charge in [-0.1, -0.05) is 6.92 Å². The van der Waals surface area contributed by atoms with Crippen LogP contribution in [0.5, 0.6) is 5.75 Å². The molecule has 1 aromatic carbocycles. The Morgan fingerprint density at radius 3 is 2.42 bits per heavy atom.